The van der Waals surface area contributed by atoms with Gasteiger partial charge in [0.2, 0.25) is 0 Å². The topological polar surface area (TPSA) is 47.0 Å². The highest BCUT2D eigenvalue weighted by Crippen LogP contribution is 2.37. The Labute approximate surface area is 127 Å². The van der Waals surface area contributed by atoms with Crippen LogP contribution in [0, 0.1) is 6.92 Å². The lowest BCUT2D eigenvalue weighted by molar-refractivity contribution is -0.0354. The summed E-state index contributed by atoms with van der Waals surface area (Å²) in [5.74, 6) is 0.902. The van der Waals surface area contributed by atoms with Gasteiger partial charge in [0.15, 0.2) is 5.82 Å². The molecule has 0 radical (unpaired) electrons. The summed E-state index contributed by atoms with van der Waals surface area (Å²) >= 11 is 0. The van der Waals surface area contributed by atoms with E-state index in [2.05, 4.69) is 18.3 Å². The van der Waals surface area contributed by atoms with E-state index in [-0.39, 0.29) is 5.60 Å². The summed E-state index contributed by atoms with van der Waals surface area (Å²) in [5, 5.41) is 3.54. The molecule has 4 heteroatoms. The summed E-state index contributed by atoms with van der Waals surface area (Å²) in [6.45, 7) is 2.91. The Kier molecular flexibility index (Phi) is 4.55. The van der Waals surface area contributed by atoms with E-state index in [1.54, 1.807) is 0 Å². The lowest BCUT2D eigenvalue weighted by atomic mass is 9.93. The van der Waals surface area contributed by atoms with Gasteiger partial charge in [0.05, 0.1) is 5.69 Å². The summed E-state index contributed by atoms with van der Waals surface area (Å²) in [6.07, 6.45) is 9.71. The van der Waals surface area contributed by atoms with E-state index in [1.807, 2.05) is 7.11 Å². The number of aryl methyl sites for hydroxylation is 1. The first-order valence-electron chi connectivity index (χ1n) is 8.35. The van der Waals surface area contributed by atoms with Crippen molar-refractivity contribution in [2.75, 3.05) is 7.11 Å². The molecule has 1 heterocycles. The van der Waals surface area contributed by atoms with Crippen LogP contribution >= 0.6 is 0 Å². The SMILES string of the molecule is COC1(c2nc(C)cc(CNC3CC3)n2)CCCCCC1. The summed E-state index contributed by atoms with van der Waals surface area (Å²) < 4.78 is 5.95. The minimum Gasteiger partial charge on any atom is -0.370 e. The molecule has 2 aliphatic rings. The summed E-state index contributed by atoms with van der Waals surface area (Å²) in [7, 11) is 1.82. The number of hydrogen-bond acceptors (Lipinski definition) is 4. The zero-order chi connectivity index (χ0) is 14.7. The molecule has 0 spiro atoms. The lowest BCUT2D eigenvalue weighted by Crippen LogP contribution is -2.31. The Morgan fingerprint density at radius 3 is 2.52 bits per heavy atom. The molecule has 2 saturated carbocycles. The predicted molar refractivity (Wildman–Crippen MR) is 83.0 cm³/mol. The van der Waals surface area contributed by atoms with Crippen LogP contribution in [0.5, 0.6) is 0 Å². The second kappa shape index (κ2) is 6.41. The molecular weight excluding hydrogens is 262 g/mol. The first-order chi connectivity index (χ1) is 10.2. The van der Waals surface area contributed by atoms with Crippen molar-refractivity contribution in [2.45, 2.75) is 76.5 Å². The van der Waals surface area contributed by atoms with E-state index in [4.69, 9.17) is 14.7 Å². The maximum absolute atomic E-state index is 5.95. The van der Waals surface area contributed by atoms with Crippen LogP contribution in [0.4, 0.5) is 0 Å². The third kappa shape index (κ3) is 3.61. The molecule has 4 nitrogen and oxygen atoms in total. The molecule has 1 N–H and O–H groups in total. The maximum atomic E-state index is 5.95. The predicted octanol–water partition coefficient (Wildman–Crippen LogP) is 3.23. The van der Waals surface area contributed by atoms with Crippen molar-refractivity contribution in [2.24, 2.45) is 0 Å². The number of nitrogens with zero attached hydrogens (tertiary/aromatic N) is 2. The van der Waals surface area contributed by atoms with Crippen LogP contribution in [0.15, 0.2) is 6.07 Å². The van der Waals surface area contributed by atoms with E-state index < -0.39 is 0 Å². The normalized spacial score (nSPS) is 22.0. The molecule has 0 aliphatic heterocycles. The highest BCUT2D eigenvalue weighted by atomic mass is 16.5. The summed E-state index contributed by atoms with van der Waals surface area (Å²) in [5.41, 5.74) is 1.88. The third-order valence-electron chi connectivity index (χ3n) is 4.77. The monoisotopic (exact) mass is 289 g/mol. The Balaban J connectivity index is 1.83. The van der Waals surface area contributed by atoms with Gasteiger partial charge >= 0.3 is 0 Å². The first-order valence-corrected chi connectivity index (χ1v) is 8.35. The van der Waals surface area contributed by atoms with Crippen molar-refractivity contribution in [3.8, 4) is 0 Å². The standard InChI is InChI=1S/C17H27N3O/c1-13-11-15(12-18-14-7-8-14)20-16(19-13)17(21-2)9-5-3-4-6-10-17/h11,14,18H,3-10,12H2,1-2H3. The van der Waals surface area contributed by atoms with Gasteiger partial charge < -0.3 is 10.1 Å². The third-order valence-corrected chi connectivity index (χ3v) is 4.77. The molecule has 0 unspecified atom stereocenters. The molecule has 0 atom stereocenters. The van der Waals surface area contributed by atoms with Gasteiger partial charge in [-0.15, -0.1) is 0 Å². The second-order valence-electron chi connectivity index (χ2n) is 6.59. The van der Waals surface area contributed by atoms with Gasteiger partial charge in [0, 0.05) is 25.4 Å². The largest absolute Gasteiger partial charge is 0.370 e. The van der Waals surface area contributed by atoms with Crippen molar-refractivity contribution in [3.05, 3.63) is 23.3 Å². The van der Waals surface area contributed by atoms with Crippen LogP contribution in [0.25, 0.3) is 0 Å². The fourth-order valence-corrected chi connectivity index (χ4v) is 3.28. The molecule has 0 aromatic carbocycles. The number of methoxy groups -OCH3 is 1. The smallest absolute Gasteiger partial charge is 0.160 e. The van der Waals surface area contributed by atoms with Gasteiger partial charge in [-0.2, -0.15) is 0 Å². The lowest BCUT2D eigenvalue weighted by Gasteiger charge is -2.30. The van der Waals surface area contributed by atoms with Crippen LogP contribution in [-0.2, 0) is 16.9 Å². The van der Waals surface area contributed by atoms with Crippen molar-refractivity contribution in [3.63, 3.8) is 0 Å². The van der Waals surface area contributed by atoms with Gasteiger partial charge in [-0.05, 0) is 38.7 Å². The highest BCUT2D eigenvalue weighted by molar-refractivity contribution is 5.15. The summed E-state index contributed by atoms with van der Waals surface area (Å²) in [4.78, 5) is 9.56. The van der Waals surface area contributed by atoms with E-state index in [1.165, 1.54) is 38.5 Å². The van der Waals surface area contributed by atoms with E-state index in [9.17, 15) is 0 Å². The van der Waals surface area contributed by atoms with Crippen molar-refractivity contribution < 1.29 is 4.74 Å². The highest BCUT2D eigenvalue weighted by Gasteiger charge is 2.36. The minimum absolute atomic E-state index is 0.267. The molecule has 2 fully saturated rings. The molecule has 3 rings (SSSR count). The van der Waals surface area contributed by atoms with Crippen LogP contribution in [0.2, 0.25) is 0 Å². The zero-order valence-electron chi connectivity index (χ0n) is 13.3. The van der Waals surface area contributed by atoms with Gasteiger partial charge in [-0.1, -0.05) is 25.7 Å². The Bertz CT molecular complexity index is 477. The fourth-order valence-electron chi connectivity index (χ4n) is 3.28. The quantitative estimate of drug-likeness (QED) is 0.845. The Morgan fingerprint density at radius 2 is 1.90 bits per heavy atom. The average Bonchev–Trinajstić information content (AvgIpc) is 3.31. The fraction of sp³-hybridized carbons (Fsp3) is 0.765. The number of nitrogens with one attached hydrogen (secondary N) is 1. The van der Waals surface area contributed by atoms with Gasteiger partial charge in [-0.25, -0.2) is 9.97 Å². The summed E-state index contributed by atoms with van der Waals surface area (Å²) in [6, 6.07) is 2.80. The van der Waals surface area contributed by atoms with Crippen LogP contribution in [0.3, 0.4) is 0 Å². The number of ether oxygens (including phenoxy) is 1. The molecule has 116 valence electrons. The molecule has 21 heavy (non-hydrogen) atoms. The molecule has 0 saturated heterocycles. The van der Waals surface area contributed by atoms with Crippen molar-refractivity contribution in [1.29, 1.82) is 0 Å². The average molecular weight is 289 g/mol. The van der Waals surface area contributed by atoms with E-state index >= 15 is 0 Å². The van der Waals surface area contributed by atoms with E-state index in [0.717, 1.165) is 36.6 Å². The number of aromatic nitrogens is 2. The van der Waals surface area contributed by atoms with Gasteiger partial charge in [0.1, 0.15) is 5.60 Å². The molecule has 1 aromatic heterocycles. The van der Waals surface area contributed by atoms with Gasteiger partial charge in [0.25, 0.3) is 0 Å². The Morgan fingerprint density at radius 1 is 1.19 bits per heavy atom. The number of hydrogen-bond donors (Lipinski definition) is 1. The maximum Gasteiger partial charge on any atom is 0.160 e. The first kappa shape index (κ1) is 14.9. The van der Waals surface area contributed by atoms with Crippen LogP contribution in [0.1, 0.15) is 68.6 Å². The van der Waals surface area contributed by atoms with Gasteiger partial charge in [-0.3, -0.25) is 0 Å². The minimum atomic E-state index is -0.267. The van der Waals surface area contributed by atoms with Crippen LogP contribution < -0.4 is 5.32 Å². The van der Waals surface area contributed by atoms with Crippen LogP contribution in [-0.4, -0.2) is 23.1 Å². The molecule has 1 aromatic rings. The number of rotatable bonds is 5. The Hall–Kier alpha value is -1.00. The molecular formula is C17H27N3O. The zero-order valence-corrected chi connectivity index (χ0v) is 13.3. The molecule has 2 aliphatic carbocycles. The molecule has 0 bridgehead atoms. The van der Waals surface area contributed by atoms with E-state index in [0.29, 0.717) is 6.04 Å². The van der Waals surface area contributed by atoms with Crippen molar-refractivity contribution >= 4 is 0 Å². The molecule has 0 amide bonds. The second-order valence-corrected chi connectivity index (χ2v) is 6.59. The van der Waals surface area contributed by atoms with Crippen molar-refractivity contribution in [1.82, 2.24) is 15.3 Å².